The van der Waals surface area contributed by atoms with E-state index in [0.717, 1.165) is 0 Å². The Hall–Kier alpha value is -2.45. The number of carbonyl (C=O) groups excluding carboxylic acids is 1. The fourth-order valence-corrected chi connectivity index (χ4v) is 1.21. The monoisotopic (exact) mass is 242 g/mol. The molecule has 0 atom stereocenters. The number of allylic oxidation sites excluding steroid dienone is 1. The van der Waals surface area contributed by atoms with E-state index in [9.17, 15) is 4.79 Å². The lowest BCUT2D eigenvalue weighted by Crippen LogP contribution is -2.21. The first kappa shape index (κ1) is 13.6. The number of aliphatic imine (C=N–C) groups is 1. The zero-order chi connectivity index (χ0) is 13.4. The molecule has 0 radical (unpaired) electrons. The number of pyridine rings is 1. The Morgan fingerprint density at radius 1 is 1.67 bits per heavy atom. The van der Waals surface area contributed by atoms with Gasteiger partial charge in [0.15, 0.2) is 0 Å². The molecule has 1 heterocycles. The van der Waals surface area contributed by atoms with Crippen molar-refractivity contribution in [3.63, 3.8) is 0 Å². The largest absolute Gasteiger partial charge is 0.324 e. The molecule has 0 saturated carbocycles. The molecule has 0 fully saturated rings. The second kappa shape index (κ2) is 6.99. The molecule has 0 aromatic carbocycles. The molecule has 1 rings (SSSR count). The highest BCUT2D eigenvalue weighted by molar-refractivity contribution is 5.95. The van der Waals surface area contributed by atoms with Crippen LogP contribution >= 0.6 is 0 Å². The SMILES string of the molecule is C=N/C=C(\C)NC(=O)c1cncc(C#CCN)c1. The fourth-order valence-electron chi connectivity index (χ4n) is 1.21. The number of hydrogen-bond donors (Lipinski definition) is 2. The van der Waals surface area contributed by atoms with Gasteiger partial charge in [-0.3, -0.25) is 14.8 Å². The second-order valence-corrected chi connectivity index (χ2v) is 3.42. The maximum atomic E-state index is 11.8. The van der Waals surface area contributed by atoms with E-state index < -0.39 is 0 Å². The third kappa shape index (κ3) is 4.20. The molecule has 0 aliphatic heterocycles. The number of aromatic nitrogens is 1. The summed E-state index contributed by atoms with van der Waals surface area (Å²) in [5.74, 6) is 5.25. The zero-order valence-electron chi connectivity index (χ0n) is 10.1. The summed E-state index contributed by atoms with van der Waals surface area (Å²) in [5.41, 5.74) is 6.96. The van der Waals surface area contributed by atoms with Crippen molar-refractivity contribution in [3.05, 3.63) is 41.5 Å². The average molecular weight is 242 g/mol. The van der Waals surface area contributed by atoms with Crippen LogP contribution in [0.3, 0.4) is 0 Å². The van der Waals surface area contributed by atoms with Gasteiger partial charge in [-0.05, 0) is 19.7 Å². The molecule has 0 aliphatic carbocycles. The van der Waals surface area contributed by atoms with Gasteiger partial charge in [-0.15, -0.1) is 0 Å². The topological polar surface area (TPSA) is 80.4 Å². The Labute approximate surface area is 106 Å². The van der Waals surface area contributed by atoms with Crippen molar-refractivity contribution in [2.24, 2.45) is 10.7 Å². The minimum absolute atomic E-state index is 0.267. The number of rotatable bonds is 3. The molecule has 92 valence electrons. The van der Waals surface area contributed by atoms with Crippen LogP contribution in [0.15, 0.2) is 35.3 Å². The van der Waals surface area contributed by atoms with Crippen LogP contribution in [0.2, 0.25) is 0 Å². The maximum absolute atomic E-state index is 11.8. The number of carbonyl (C=O) groups is 1. The third-order valence-electron chi connectivity index (χ3n) is 1.93. The number of amides is 1. The molecular formula is C13H14N4O. The summed E-state index contributed by atoms with van der Waals surface area (Å²) in [6.45, 7) is 5.30. The Morgan fingerprint density at radius 2 is 2.44 bits per heavy atom. The van der Waals surface area contributed by atoms with Crippen molar-refractivity contribution in [1.82, 2.24) is 10.3 Å². The Morgan fingerprint density at radius 3 is 3.11 bits per heavy atom. The van der Waals surface area contributed by atoms with Gasteiger partial charge in [0.2, 0.25) is 0 Å². The molecule has 1 amide bonds. The molecule has 5 nitrogen and oxygen atoms in total. The van der Waals surface area contributed by atoms with E-state index in [2.05, 4.69) is 33.9 Å². The summed E-state index contributed by atoms with van der Waals surface area (Å²) < 4.78 is 0. The maximum Gasteiger partial charge on any atom is 0.257 e. The highest BCUT2D eigenvalue weighted by Gasteiger charge is 2.06. The van der Waals surface area contributed by atoms with Gasteiger partial charge < -0.3 is 11.1 Å². The quantitative estimate of drug-likeness (QED) is 0.604. The number of nitrogens with one attached hydrogen (secondary N) is 1. The van der Waals surface area contributed by atoms with Gasteiger partial charge in [-0.2, -0.15) is 0 Å². The molecule has 3 N–H and O–H groups in total. The van der Waals surface area contributed by atoms with Crippen molar-refractivity contribution in [2.45, 2.75) is 6.92 Å². The zero-order valence-corrected chi connectivity index (χ0v) is 10.1. The van der Waals surface area contributed by atoms with Crippen LogP contribution in [0, 0.1) is 11.8 Å². The average Bonchev–Trinajstić information content (AvgIpc) is 2.37. The van der Waals surface area contributed by atoms with E-state index in [1.54, 1.807) is 19.2 Å². The fraction of sp³-hybridized carbons (Fsp3) is 0.154. The molecule has 5 heteroatoms. The standard InChI is InChI=1S/C13H14N4O/c1-10(7-15-2)17-13(18)12-6-11(4-3-5-14)8-16-9-12/h6-9H,2,5,14H2,1H3,(H,17,18)/b10-7+. The molecular weight excluding hydrogens is 228 g/mol. The van der Waals surface area contributed by atoms with E-state index >= 15 is 0 Å². The highest BCUT2D eigenvalue weighted by atomic mass is 16.1. The number of nitrogens with zero attached hydrogens (tertiary/aromatic N) is 2. The Balaban J connectivity index is 2.86. The summed E-state index contributed by atoms with van der Waals surface area (Å²) >= 11 is 0. The van der Waals surface area contributed by atoms with Gasteiger partial charge in [0, 0.05) is 29.9 Å². The predicted molar refractivity (Wildman–Crippen MR) is 70.9 cm³/mol. The van der Waals surface area contributed by atoms with Crippen molar-refractivity contribution < 1.29 is 4.79 Å². The van der Waals surface area contributed by atoms with Crippen LogP contribution in [0.4, 0.5) is 0 Å². The minimum atomic E-state index is -0.267. The summed E-state index contributed by atoms with van der Waals surface area (Å²) in [7, 11) is 0. The first-order valence-corrected chi connectivity index (χ1v) is 5.25. The molecule has 0 bridgehead atoms. The van der Waals surface area contributed by atoms with E-state index in [1.807, 2.05) is 0 Å². The van der Waals surface area contributed by atoms with Crippen LogP contribution in [-0.2, 0) is 0 Å². The van der Waals surface area contributed by atoms with Crippen LogP contribution in [-0.4, -0.2) is 24.2 Å². The number of hydrogen-bond acceptors (Lipinski definition) is 4. The van der Waals surface area contributed by atoms with Crippen molar-refractivity contribution >= 4 is 12.6 Å². The van der Waals surface area contributed by atoms with Gasteiger partial charge >= 0.3 is 0 Å². The lowest BCUT2D eigenvalue weighted by Gasteiger charge is -2.04. The predicted octanol–water partition coefficient (Wildman–Crippen LogP) is 0.684. The lowest BCUT2D eigenvalue weighted by atomic mass is 10.2. The van der Waals surface area contributed by atoms with Crippen LogP contribution in [0.25, 0.3) is 0 Å². The summed E-state index contributed by atoms with van der Waals surface area (Å²) in [6.07, 6.45) is 4.51. The molecule has 0 spiro atoms. The first-order valence-electron chi connectivity index (χ1n) is 5.25. The smallest absolute Gasteiger partial charge is 0.257 e. The Bertz CT molecular complexity index is 537. The molecule has 1 aromatic heterocycles. The van der Waals surface area contributed by atoms with Gasteiger partial charge in [0.25, 0.3) is 5.91 Å². The molecule has 0 unspecified atom stereocenters. The summed E-state index contributed by atoms with van der Waals surface area (Å²) in [6, 6.07) is 1.65. The summed E-state index contributed by atoms with van der Waals surface area (Å²) in [5, 5.41) is 2.66. The molecule has 0 saturated heterocycles. The third-order valence-corrected chi connectivity index (χ3v) is 1.93. The van der Waals surface area contributed by atoms with Crippen molar-refractivity contribution in [3.8, 4) is 11.8 Å². The molecule has 18 heavy (non-hydrogen) atoms. The van der Waals surface area contributed by atoms with Gasteiger partial charge in [0.1, 0.15) is 0 Å². The highest BCUT2D eigenvalue weighted by Crippen LogP contribution is 2.02. The van der Waals surface area contributed by atoms with E-state index in [4.69, 9.17) is 5.73 Å². The molecule has 0 aliphatic rings. The van der Waals surface area contributed by atoms with E-state index in [0.29, 0.717) is 16.8 Å². The van der Waals surface area contributed by atoms with Crippen LogP contribution in [0.5, 0.6) is 0 Å². The normalized spacial score (nSPS) is 10.2. The number of nitrogens with two attached hydrogens (primary N) is 1. The van der Waals surface area contributed by atoms with Crippen molar-refractivity contribution in [1.29, 1.82) is 0 Å². The first-order chi connectivity index (χ1) is 8.67. The summed E-state index contributed by atoms with van der Waals surface area (Å²) in [4.78, 5) is 19.3. The Kier molecular flexibility index (Phi) is 5.29. The van der Waals surface area contributed by atoms with Crippen molar-refractivity contribution in [2.75, 3.05) is 6.54 Å². The van der Waals surface area contributed by atoms with E-state index in [1.165, 1.54) is 12.4 Å². The van der Waals surface area contributed by atoms with Gasteiger partial charge in [0.05, 0.1) is 12.1 Å². The van der Waals surface area contributed by atoms with Gasteiger partial charge in [-0.1, -0.05) is 11.8 Å². The van der Waals surface area contributed by atoms with Crippen LogP contribution < -0.4 is 11.1 Å². The second-order valence-electron chi connectivity index (χ2n) is 3.42. The minimum Gasteiger partial charge on any atom is -0.324 e. The lowest BCUT2D eigenvalue weighted by molar-refractivity contribution is 0.0965. The van der Waals surface area contributed by atoms with E-state index in [-0.39, 0.29) is 12.5 Å². The van der Waals surface area contributed by atoms with Gasteiger partial charge in [-0.25, -0.2) is 0 Å². The van der Waals surface area contributed by atoms with Crippen LogP contribution in [0.1, 0.15) is 22.8 Å². The molecule has 1 aromatic rings.